The van der Waals surface area contributed by atoms with Crippen molar-refractivity contribution < 1.29 is 9.59 Å². The molecule has 1 heterocycles. The first-order chi connectivity index (χ1) is 11.1. The van der Waals surface area contributed by atoms with Gasteiger partial charge in [0.05, 0.1) is 5.75 Å². The number of nitrogens with one attached hydrogen (secondary N) is 2. The van der Waals surface area contributed by atoms with Crippen LogP contribution in [0.2, 0.25) is 0 Å². The normalized spacial score (nSPS) is 13.8. The SMILES string of the molecule is CC(=O)NCc1ccc(C(=O)CSc2n[nH]c(C3CC3)n2)cc1. The predicted molar refractivity (Wildman–Crippen MR) is 87.4 cm³/mol. The molecule has 2 N–H and O–H groups in total. The van der Waals surface area contributed by atoms with Gasteiger partial charge in [-0.15, -0.1) is 5.10 Å². The highest BCUT2D eigenvalue weighted by Gasteiger charge is 2.27. The molecule has 0 spiro atoms. The number of carbonyl (C=O) groups excluding carboxylic acids is 2. The van der Waals surface area contributed by atoms with Crippen molar-refractivity contribution in [1.29, 1.82) is 0 Å². The molecule has 7 heteroatoms. The van der Waals surface area contributed by atoms with Gasteiger partial charge in [0, 0.05) is 24.9 Å². The third kappa shape index (κ3) is 4.41. The molecule has 0 unspecified atom stereocenters. The van der Waals surface area contributed by atoms with Crippen LogP contribution < -0.4 is 5.32 Å². The van der Waals surface area contributed by atoms with E-state index in [9.17, 15) is 9.59 Å². The van der Waals surface area contributed by atoms with Crippen LogP contribution in [0.3, 0.4) is 0 Å². The molecule has 1 aliphatic rings. The Hall–Kier alpha value is -2.15. The van der Waals surface area contributed by atoms with Gasteiger partial charge >= 0.3 is 0 Å². The van der Waals surface area contributed by atoms with Gasteiger partial charge in [0.2, 0.25) is 11.1 Å². The van der Waals surface area contributed by atoms with Crippen LogP contribution in [0, 0.1) is 0 Å². The van der Waals surface area contributed by atoms with Crippen LogP contribution in [0.15, 0.2) is 29.4 Å². The molecule has 0 aliphatic heterocycles. The molecule has 1 saturated carbocycles. The zero-order chi connectivity index (χ0) is 16.2. The van der Waals surface area contributed by atoms with E-state index in [1.165, 1.54) is 31.5 Å². The van der Waals surface area contributed by atoms with Gasteiger partial charge in [0.15, 0.2) is 5.78 Å². The molecule has 2 aromatic rings. The van der Waals surface area contributed by atoms with Gasteiger partial charge in [-0.3, -0.25) is 14.7 Å². The van der Waals surface area contributed by atoms with Crippen LogP contribution in [0.5, 0.6) is 0 Å². The Balaban J connectivity index is 1.51. The number of ketones is 1. The quantitative estimate of drug-likeness (QED) is 0.601. The number of amides is 1. The van der Waals surface area contributed by atoms with Crippen LogP contribution in [0.1, 0.15) is 47.4 Å². The van der Waals surface area contributed by atoms with Crippen molar-refractivity contribution in [3.63, 3.8) is 0 Å². The Labute approximate surface area is 138 Å². The maximum atomic E-state index is 12.2. The fraction of sp³-hybridized carbons (Fsp3) is 0.375. The summed E-state index contributed by atoms with van der Waals surface area (Å²) in [6.07, 6.45) is 2.34. The van der Waals surface area contributed by atoms with Crippen molar-refractivity contribution in [2.75, 3.05) is 5.75 Å². The van der Waals surface area contributed by atoms with Gasteiger partial charge in [-0.05, 0) is 18.4 Å². The highest BCUT2D eigenvalue weighted by atomic mass is 32.2. The topological polar surface area (TPSA) is 87.7 Å². The van der Waals surface area contributed by atoms with E-state index in [0.717, 1.165) is 11.4 Å². The van der Waals surface area contributed by atoms with E-state index in [1.807, 2.05) is 12.1 Å². The van der Waals surface area contributed by atoms with Gasteiger partial charge in [-0.25, -0.2) is 4.98 Å². The van der Waals surface area contributed by atoms with Gasteiger partial charge < -0.3 is 5.32 Å². The molecular weight excluding hydrogens is 312 g/mol. The lowest BCUT2D eigenvalue weighted by Gasteiger charge is -2.04. The van der Waals surface area contributed by atoms with Crippen LogP contribution in [-0.4, -0.2) is 32.6 Å². The number of nitrogens with zero attached hydrogens (tertiary/aromatic N) is 2. The largest absolute Gasteiger partial charge is 0.352 e. The van der Waals surface area contributed by atoms with Gasteiger partial charge in [0.1, 0.15) is 5.82 Å². The van der Waals surface area contributed by atoms with Gasteiger partial charge in [0.25, 0.3) is 0 Å². The van der Waals surface area contributed by atoms with Crippen LogP contribution in [0.4, 0.5) is 0 Å². The number of H-pyrrole nitrogens is 1. The molecule has 0 atom stereocenters. The molecule has 0 radical (unpaired) electrons. The summed E-state index contributed by atoms with van der Waals surface area (Å²) in [7, 11) is 0. The molecule has 1 amide bonds. The Morgan fingerprint density at radius 3 is 2.70 bits per heavy atom. The number of aromatic amines is 1. The number of rotatable bonds is 7. The molecule has 6 nitrogen and oxygen atoms in total. The molecule has 23 heavy (non-hydrogen) atoms. The summed E-state index contributed by atoms with van der Waals surface area (Å²) in [6, 6.07) is 7.28. The Morgan fingerprint density at radius 2 is 2.04 bits per heavy atom. The Bertz CT molecular complexity index is 707. The zero-order valence-electron chi connectivity index (χ0n) is 12.8. The monoisotopic (exact) mass is 330 g/mol. The van der Waals surface area contributed by atoms with E-state index in [1.54, 1.807) is 12.1 Å². The lowest BCUT2D eigenvalue weighted by molar-refractivity contribution is -0.119. The fourth-order valence-electron chi connectivity index (χ4n) is 2.11. The summed E-state index contributed by atoms with van der Waals surface area (Å²) in [4.78, 5) is 27.5. The standard InChI is InChI=1S/C16H18N4O2S/c1-10(21)17-8-11-2-4-12(5-3-11)14(22)9-23-16-18-15(19-20-16)13-6-7-13/h2-5,13H,6-9H2,1H3,(H,17,21)(H,18,19,20). The summed E-state index contributed by atoms with van der Waals surface area (Å²) in [5.41, 5.74) is 1.62. The number of Topliss-reactive ketones (excluding diaryl/α,β-unsaturated/α-hetero) is 1. The smallest absolute Gasteiger partial charge is 0.217 e. The molecule has 1 aromatic carbocycles. The average Bonchev–Trinajstić information content (AvgIpc) is 3.30. The summed E-state index contributed by atoms with van der Waals surface area (Å²) in [5.74, 6) is 1.75. The van der Waals surface area contributed by atoms with E-state index in [0.29, 0.717) is 28.9 Å². The van der Waals surface area contributed by atoms with E-state index >= 15 is 0 Å². The number of hydrogen-bond donors (Lipinski definition) is 2. The highest BCUT2D eigenvalue weighted by Crippen LogP contribution is 2.38. The lowest BCUT2D eigenvalue weighted by atomic mass is 10.1. The first-order valence-corrected chi connectivity index (χ1v) is 8.52. The lowest BCUT2D eigenvalue weighted by Crippen LogP contribution is -2.18. The van der Waals surface area contributed by atoms with Crippen LogP contribution in [-0.2, 0) is 11.3 Å². The number of benzene rings is 1. The van der Waals surface area contributed by atoms with Crippen molar-refractivity contribution in [3.05, 3.63) is 41.2 Å². The number of hydrogen-bond acceptors (Lipinski definition) is 5. The highest BCUT2D eigenvalue weighted by molar-refractivity contribution is 7.99. The summed E-state index contributed by atoms with van der Waals surface area (Å²) >= 11 is 1.35. The van der Waals surface area contributed by atoms with Crippen molar-refractivity contribution in [2.45, 2.75) is 37.4 Å². The van der Waals surface area contributed by atoms with Crippen LogP contribution in [0.25, 0.3) is 0 Å². The van der Waals surface area contributed by atoms with Crippen molar-refractivity contribution in [3.8, 4) is 0 Å². The number of carbonyl (C=O) groups is 2. The number of thioether (sulfide) groups is 1. The summed E-state index contributed by atoms with van der Waals surface area (Å²) in [6.45, 7) is 1.95. The first-order valence-electron chi connectivity index (χ1n) is 7.53. The minimum atomic E-state index is -0.0707. The minimum Gasteiger partial charge on any atom is -0.352 e. The van der Waals surface area contributed by atoms with E-state index in [4.69, 9.17) is 0 Å². The van der Waals surface area contributed by atoms with Crippen molar-refractivity contribution in [1.82, 2.24) is 20.5 Å². The Morgan fingerprint density at radius 1 is 1.30 bits per heavy atom. The second-order valence-electron chi connectivity index (χ2n) is 5.60. The third-order valence-corrected chi connectivity index (χ3v) is 4.44. The van der Waals surface area contributed by atoms with E-state index in [-0.39, 0.29) is 11.7 Å². The molecule has 3 rings (SSSR count). The Kier molecular flexibility index (Phi) is 4.76. The second-order valence-corrected chi connectivity index (χ2v) is 6.54. The van der Waals surface area contributed by atoms with Gasteiger partial charge in [-0.2, -0.15) is 0 Å². The molecule has 1 aromatic heterocycles. The molecule has 120 valence electrons. The fourth-order valence-corrected chi connectivity index (χ4v) is 2.81. The van der Waals surface area contributed by atoms with E-state index < -0.39 is 0 Å². The zero-order valence-corrected chi connectivity index (χ0v) is 13.7. The summed E-state index contributed by atoms with van der Waals surface area (Å²) in [5, 5.41) is 10.4. The van der Waals surface area contributed by atoms with Crippen LogP contribution >= 0.6 is 11.8 Å². The molecule has 1 fully saturated rings. The van der Waals surface area contributed by atoms with Crippen molar-refractivity contribution in [2.24, 2.45) is 0 Å². The molecule has 0 saturated heterocycles. The molecule has 0 bridgehead atoms. The first kappa shape index (κ1) is 15.7. The van der Waals surface area contributed by atoms with Gasteiger partial charge in [-0.1, -0.05) is 36.0 Å². The molecular formula is C16H18N4O2S. The van der Waals surface area contributed by atoms with E-state index in [2.05, 4.69) is 20.5 Å². The third-order valence-electron chi connectivity index (χ3n) is 3.60. The maximum Gasteiger partial charge on any atom is 0.217 e. The number of aromatic nitrogens is 3. The average molecular weight is 330 g/mol. The minimum absolute atomic E-state index is 0.0406. The molecule has 1 aliphatic carbocycles. The van der Waals surface area contributed by atoms with Crippen molar-refractivity contribution >= 4 is 23.5 Å². The predicted octanol–water partition coefficient (Wildman–Crippen LogP) is 2.29. The maximum absolute atomic E-state index is 12.2. The summed E-state index contributed by atoms with van der Waals surface area (Å²) < 4.78 is 0. The second kappa shape index (κ2) is 6.95.